The van der Waals surface area contributed by atoms with Gasteiger partial charge in [-0.3, -0.25) is 10.1 Å². The van der Waals surface area contributed by atoms with Crippen molar-refractivity contribution >= 4 is 11.4 Å². The van der Waals surface area contributed by atoms with Crippen molar-refractivity contribution in [1.29, 1.82) is 5.41 Å². The largest absolute Gasteiger partial charge is 0.389 e. The van der Waals surface area contributed by atoms with E-state index < -0.39 is 12.6 Å². The van der Waals surface area contributed by atoms with Crippen LogP contribution >= 0.6 is 0 Å². The molecule has 1 rings (SSSR count). The van der Waals surface area contributed by atoms with Crippen LogP contribution < -0.4 is 0 Å². The maximum Gasteiger partial charge on any atom is 0.389 e. The van der Waals surface area contributed by atoms with Gasteiger partial charge < -0.3 is 5.41 Å². The molecule has 0 bridgehead atoms. The summed E-state index contributed by atoms with van der Waals surface area (Å²) >= 11 is 0. The normalized spacial score (nSPS) is 11.1. The van der Waals surface area contributed by atoms with Crippen molar-refractivity contribution in [3.05, 3.63) is 38.9 Å². The predicted molar refractivity (Wildman–Crippen MR) is 94.5 cm³/mol. The van der Waals surface area contributed by atoms with Crippen molar-refractivity contribution in [3.8, 4) is 0 Å². The lowest BCUT2D eigenvalue weighted by molar-refractivity contribution is -0.385. The molecule has 0 aliphatic carbocycles. The Balaban J connectivity index is 0.000000609. The molecule has 0 unspecified atom stereocenters. The highest BCUT2D eigenvalue weighted by atomic mass is 19.4. The Bertz CT molecular complexity index is 597. The molecule has 7 heteroatoms. The number of aryl methyl sites for hydroxylation is 1. The summed E-state index contributed by atoms with van der Waals surface area (Å²) in [7, 11) is 0. The molecule has 0 amide bonds. The van der Waals surface area contributed by atoms with Gasteiger partial charge in [-0.2, -0.15) is 13.2 Å². The average Bonchev–Trinajstić information content (AvgIpc) is 2.51. The number of nitrogens with zero attached hydrogens (tertiary/aromatic N) is 1. The van der Waals surface area contributed by atoms with Crippen molar-refractivity contribution in [2.24, 2.45) is 5.92 Å². The summed E-state index contributed by atoms with van der Waals surface area (Å²) in [6.45, 7) is 9.33. The van der Waals surface area contributed by atoms with Gasteiger partial charge in [0, 0.05) is 29.3 Å². The van der Waals surface area contributed by atoms with Crippen molar-refractivity contribution in [2.45, 2.75) is 66.5 Å². The smallest absolute Gasteiger partial charge is 0.304 e. The van der Waals surface area contributed by atoms with Gasteiger partial charge in [-0.05, 0) is 31.2 Å². The maximum atomic E-state index is 11.2. The third-order valence-electron chi connectivity index (χ3n) is 3.76. The van der Waals surface area contributed by atoms with Crippen molar-refractivity contribution in [3.63, 3.8) is 0 Å². The summed E-state index contributed by atoms with van der Waals surface area (Å²) in [6.07, 6.45) is -2.94. The first-order valence-electron chi connectivity index (χ1n) is 8.38. The molecule has 1 aromatic rings. The third kappa shape index (κ3) is 7.67. The summed E-state index contributed by atoms with van der Waals surface area (Å²) in [6, 6.07) is 3.29. The molecule has 0 aliphatic rings. The SMILES string of the molecule is CCCCC(F)(F)F.CCc1ccc([N+](=O)[O-])c(C)c1C(=N)C(C)C. The van der Waals surface area contributed by atoms with Crippen molar-refractivity contribution in [1.82, 2.24) is 0 Å². The summed E-state index contributed by atoms with van der Waals surface area (Å²) in [5.41, 5.74) is 2.93. The topological polar surface area (TPSA) is 67.0 Å². The average molecular weight is 360 g/mol. The Morgan fingerprint density at radius 2 is 1.84 bits per heavy atom. The van der Waals surface area contributed by atoms with Crippen LogP contribution in [0.3, 0.4) is 0 Å². The van der Waals surface area contributed by atoms with Gasteiger partial charge in [-0.25, -0.2) is 0 Å². The Kier molecular flexibility index (Phi) is 9.38. The summed E-state index contributed by atoms with van der Waals surface area (Å²) in [5, 5.41) is 19.0. The number of hydrogen-bond acceptors (Lipinski definition) is 3. The van der Waals surface area contributed by atoms with E-state index in [2.05, 4.69) is 0 Å². The number of alkyl halides is 3. The van der Waals surface area contributed by atoms with Gasteiger partial charge in [0.05, 0.1) is 4.92 Å². The first-order chi connectivity index (χ1) is 11.5. The molecule has 0 heterocycles. The highest BCUT2D eigenvalue weighted by Gasteiger charge is 2.25. The fourth-order valence-corrected chi connectivity index (χ4v) is 2.29. The molecule has 25 heavy (non-hydrogen) atoms. The number of unbranched alkanes of at least 4 members (excludes halogenated alkanes) is 1. The third-order valence-corrected chi connectivity index (χ3v) is 3.76. The summed E-state index contributed by atoms with van der Waals surface area (Å²) in [5.74, 6) is 0.0704. The van der Waals surface area contributed by atoms with Crippen LogP contribution in [0, 0.1) is 28.4 Å². The van der Waals surface area contributed by atoms with Crippen LogP contribution in [0.2, 0.25) is 0 Å². The Hall–Kier alpha value is -1.92. The minimum atomic E-state index is -3.95. The van der Waals surface area contributed by atoms with Gasteiger partial charge >= 0.3 is 6.18 Å². The Labute approximate surface area is 147 Å². The molecule has 0 fully saturated rings. The van der Waals surface area contributed by atoms with Crippen molar-refractivity contribution in [2.75, 3.05) is 0 Å². The van der Waals surface area contributed by atoms with E-state index in [4.69, 9.17) is 5.41 Å². The molecule has 0 saturated heterocycles. The molecule has 0 spiro atoms. The molecule has 0 radical (unpaired) electrons. The second-order valence-corrected chi connectivity index (χ2v) is 6.14. The van der Waals surface area contributed by atoms with E-state index in [0.717, 1.165) is 17.5 Å². The zero-order valence-corrected chi connectivity index (χ0v) is 15.5. The molecule has 0 atom stereocenters. The van der Waals surface area contributed by atoms with E-state index in [1.165, 1.54) is 6.07 Å². The van der Waals surface area contributed by atoms with Gasteiger partial charge in [-0.1, -0.05) is 40.2 Å². The predicted octanol–water partition coefficient (Wildman–Crippen LogP) is 6.23. The molecular formula is C18H27F3N2O2. The number of nitro groups is 1. The van der Waals surface area contributed by atoms with E-state index in [0.29, 0.717) is 17.7 Å². The van der Waals surface area contributed by atoms with E-state index in [-0.39, 0.29) is 22.9 Å². The van der Waals surface area contributed by atoms with Crippen LogP contribution in [-0.4, -0.2) is 16.8 Å². The fourth-order valence-electron chi connectivity index (χ4n) is 2.29. The molecular weight excluding hydrogens is 333 g/mol. The molecule has 1 aromatic carbocycles. The van der Waals surface area contributed by atoms with Crippen LogP contribution in [0.5, 0.6) is 0 Å². The molecule has 0 saturated carbocycles. The first-order valence-corrected chi connectivity index (χ1v) is 8.38. The van der Waals surface area contributed by atoms with Gasteiger partial charge in [0.1, 0.15) is 0 Å². The fraction of sp³-hybridized carbons (Fsp3) is 0.611. The molecule has 4 nitrogen and oxygen atoms in total. The van der Waals surface area contributed by atoms with Crippen molar-refractivity contribution < 1.29 is 18.1 Å². The second-order valence-electron chi connectivity index (χ2n) is 6.14. The van der Waals surface area contributed by atoms with Crippen LogP contribution in [0.15, 0.2) is 12.1 Å². The summed E-state index contributed by atoms with van der Waals surface area (Å²) in [4.78, 5) is 10.5. The highest BCUT2D eigenvalue weighted by Crippen LogP contribution is 2.27. The molecule has 0 aliphatic heterocycles. The van der Waals surface area contributed by atoms with Gasteiger partial charge in [0.2, 0.25) is 0 Å². The Morgan fingerprint density at radius 1 is 1.28 bits per heavy atom. The van der Waals surface area contributed by atoms with Gasteiger partial charge in [0.25, 0.3) is 5.69 Å². The van der Waals surface area contributed by atoms with E-state index >= 15 is 0 Å². The standard InChI is InChI=1S/C13H18N2O2.C5H9F3/c1-5-10-6-7-11(15(16)17)9(4)12(10)13(14)8(2)3;1-2-3-4-5(6,7)8/h6-8,14H,5H2,1-4H3;2-4H2,1H3. The lowest BCUT2D eigenvalue weighted by Gasteiger charge is -2.15. The number of halogens is 3. The summed E-state index contributed by atoms with van der Waals surface area (Å²) < 4.78 is 33.7. The quantitative estimate of drug-likeness (QED) is 0.371. The molecule has 0 aromatic heterocycles. The lowest BCUT2D eigenvalue weighted by atomic mass is 9.90. The van der Waals surface area contributed by atoms with E-state index in [1.54, 1.807) is 19.9 Å². The highest BCUT2D eigenvalue weighted by molar-refractivity contribution is 6.02. The van der Waals surface area contributed by atoms with E-state index in [9.17, 15) is 23.3 Å². The zero-order chi connectivity index (χ0) is 19.8. The minimum Gasteiger partial charge on any atom is -0.304 e. The number of rotatable bonds is 6. The van der Waals surface area contributed by atoms with Gasteiger partial charge in [0.15, 0.2) is 0 Å². The second kappa shape index (κ2) is 10.2. The minimum absolute atomic E-state index is 0.0704. The van der Waals surface area contributed by atoms with Crippen LogP contribution in [0.1, 0.15) is 63.6 Å². The first kappa shape index (κ1) is 23.1. The van der Waals surface area contributed by atoms with Crippen LogP contribution in [0.4, 0.5) is 18.9 Å². The molecule has 1 N–H and O–H groups in total. The zero-order valence-electron chi connectivity index (χ0n) is 15.5. The Morgan fingerprint density at radius 3 is 2.16 bits per heavy atom. The number of nitro benzene ring substituents is 1. The maximum absolute atomic E-state index is 11.2. The van der Waals surface area contributed by atoms with Crippen LogP contribution in [0.25, 0.3) is 0 Å². The lowest BCUT2D eigenvalue weighted by Crippen LogP contribution is -2.13. The number of nitrogens with one attached hydrogen (secondary N) is 1. The van der Waals surface area contributed by atoms with E-state index in [1.807, 2.05) is 20.8 Å². The number of hydrogen-bond donors (Lipinski definition) is 1. The monoisotopic (exact) mass is 360 g/mol. The molecule has 142 valence electrons. The van der Waals surface area contributed by atoms with Gasteiger partial charge in [-0.15, -0.1) is 0 Å². The van der Waals surface area contributed by atoms with Crippen LogP contribution in [-0.2, 0) is 6.42 Å². The number of benzene rings is 1.